The van der Waals surface area contributed by atoms with Gasteiger partial charge in [0.2, 0.25) is 0 Å². The van der Waals surface area contributed by atoms with Crippen molar-refractivity contribution in [1.82, 2.24) is 4.90 Å². The first-order valence-corrected chi connectivity index (χ1v) is 8.23. The van der Waals surface area contributed by atoms with Crippen LogP contribution in [0.2, 0.25) is 0 Å². The number of benzene rings is 3. The van der Waals surface area contributed by atoms with Crippen LogP contribution in [0, 0.1) is 0 Å². The molecular formula is C20H18N2O2S. The summed E-state index contributed by atoms with van der Waals surface area (Å²) in [5.74, 6) is 0.429. The molecule has 3 aromatic rings. The number of ether oxygens (including phenoxy) is 1. The van der Waals surface area contributed by atoms with E-state index < -0.39 is 0 Å². The number of amides is 1. The first-order valence-electron chi connectivity index (χ1n) is 7.82. The van der Waals surface area contributed by atoms with Crippen LogP contribution in [-0.2, 0) is 0 Å². The molecule has 4 nitrogen and oxygen atoms in total. The molecule has 25 heavy (non-hydrogen) atoms. The van der Waals surface area contributed by atoms with Crippen LogP contribution in [0.5, 0.6) is 5.75 Å². The molecule has 0 spiro atoms. The lowest BCUT2D eigenvalue weighted by molar-refractivity contribution is 0.102. The average Bonchev–Trinajstić information content (AvgIpc) is 2.62. The lowest BCUT2D eigenvalue weighted by Crippen LogP contribution is -2.25. The highest BCUT2D eigenvalue weighted by Gasteiger charge is 2.08. The Kier molecular flexibility index (Phi) is 4.95. The number of carbonyl (C=O) groups is 1. The number of anilines is 1. The van der Waals surface area contributed by atoms with E-state index in [9.17, 15) is 4.79 Å². The number of thiocarbonyl (C=S) groups is 1. The van der Waals surface area contributed by atoms with Gasteiger partial charge in [0.05, 0.1) is 0 Å². The van der Waals surface area contributed by atoms with Gasteiger partial charge in [-0.1, -0.05) is 30.3 Å². The summed E-state index contributed by atoms with van der Waals surface area (Å²) < 4.78 is 5.50. The second kappa shape index (κ2) is 7.32. The van der Waals surface area contributed by atoms with Crippen LogP contribution in [0.25, 0.3) is 10.8 Å². The molecule has 0 radical (unpaired) electrons. The number of nitrogens with one attached hydrogen (secondary N) is 1. The third kappa shape index (κ3) is 4.14. The summed E-state index contributed by atoms with van der Waals surface area (Å²) in [6.07, 6.45) is 0. The fourth-order valence-corrected chi connectivity index (χ4v) is 2.43. The van der Waals surface area contributed by atoms with E-state index in [0.29, 0.717) is 16.5 Å². The van der Waals surface area contributed by atoms with Crippen molar-refractivity contribution in [2.24, 2.45) is 0 Å². The summed E-state index contributed by atoms with van der Waals surface area (Å²) in [6, 6.07) is 20.8. The van der Waals surface area contributed by atoms with E-state index in [0.717, 1.165) is 16.5 Å². The normalized spacial score (nSPS) is 10.3. The van der Waals surface area contributed by atoms with Crippen LogP contribution in [-0.4, -0.2) is 30.1 Å². The molecule has 0 fully saturated rings. The number of rotatable bonds is 3. The van der Waals surface area contributed by atoms with E-state index in [2.05, 4.69) is 5.32 Å². The van der Waals surface area contributed by atoms with Gasteiger partial charge in [-0.25, -0.2) is 0 Å². The van der Waals surface area contributed by atoms with E-state index in [-0.39, 0.29) is 5.91 Å². The maximum atomic E-state index is 12.4. The van der Waals surface area contributed by atoms with Crippen molar-refractivity contribution in [1.29, 1.82) is 0 Å². The smallest absolute Gasteiger partial charge is 0.264 e. The minimum Gasteiger partial charge on any atom is -0.432 e. The number of hydrogen-bond acceptors (Lipinski definition) is 3. The Morgan fingerprint density at radius 3 is 2.32 bits per heavy atom. The zero-order valence-electron chi connectivity index (χ0n) is 14.0. The van der Waals surface area contributed by atoms with Crippen LogP contribution >= 0.6 is 12.2 Å². The molecule has 0 aliphatic rings. The van der Waals surface area contributed by atoms with Crippen LogP contribution in [0.15, 0.2) is 66.7 Å². The highest BCUT2D eigenvalue weighted by atomic mass is 32.1. The number of carbonyl (C=O) groups excluding carboxylic acids is 1. The summed E-state index contributed by atoms with van der Waals surface area (Å²) in [5.41, 5.74) is 1.31. The molecule has 1 N–H and O–H groups in total. The molecule has 0 saturated heterocycles. The average molecular weight is 350 g/mol. The molecule has 0 saturated carbocycles. The molecule has 1 amide bonds. The van der Waals surface area contributed by atoms with Gasteiger partial charge in [-0.2, -0.15) is 0 Å². The third-order valence-corrected chi connectivity index (χ3v) is 4.14. The molecule has 0 heterocycles. The van der Waals surface area contributed by atoms with Crippen molar-refractivity contribution < 1.29 is 9.53 Å². The highest BCUT2D eigenvalue weighted by Crippen LogP contribution is 2.20. The molecule has 0 aliphatic carbocycles. The molecular weight excluding hydrogens is 332 g/mol. The number of hydrogen-bond donors (Lipinski definition) is 1. The van der Waals surface area contributed by atoms with Gasteiger partial charge in [0.25, 0.3) is 11.1 Å². The third-order valence-electron chi connectivity index (χ3n) is 3.69. The topological polar surface area (TPSA) is 41.6 Å². The minimum absolute atomic E-state index is 0.169. The minimum atomic E-state index is -0.169. The predicted molar refractivity (Wildman–Crippen MR) is 105 cm³/mol. The molecule has 0 aliphatic heterocycles. The van der Waals surface area contributed by atoms with Gasteiger partial charge in [-0.15, -0.1) is 0 Å². The summed E-state index contributed by atoms with van der Waals surface area (Å²) in [7, 11) is 3.63. The largest absolute Gasteiger partial charge is 0.432 e. The van der Waals surface area contributed by atoms with Crippen molar-refractivity contribution in [2.45, 2.75) is 0 Å². The predicted octanol–water partition coefficient (Wildman–Crippen LogP) is 4.32. The number of fused-ring (bicyclic) bond motifs is 1. The molecule has 0 atom stereocenters. The monoisotopic (exact) mass is 350 g/mol. The van der Waals surface area contributed by atoms with Crippen molar-refractivity contribution in [3.8, 4) is 5.75 Å². The Bertz CT molecular complexity index is 920. The van der Waals surface area contributed by atoms with Crippen LogP contribution in [0.4, 0.5) is 5.69 Å². The van der Waals surface area contributed by atoms with Gasteiger partial charge in [-0.05, 0) is 59.4 Å². The second-order valence-electron chi connectivity index (χ2n) is 5.80. The van der Waals surface area contributed by atoms with Gasteiger partial charge in [0, 0.05) is 25.3 Å². The molecule has 0 aromatic heterocycles. The standard InChI is InChI=1S/C20H18N2O2S/c1-22(2)20(25)24-18-11-8-15(9-12-18)19(23)21-17-10-7-14-5-3-4-6-16(14)13-17/h3-13H,1-2H3,(H,21,23). The van der Waals surface area contributed by atoms with Crippen LogP contribution < -0.4 is 10.1 Å². The highest BCUT2D eigenvalue weighted by molar-refractivity contribution is 7.80. The van der Waals surface area contributed by atoms with Crippen molar-refractivity contribution >= 4 is 39.8 Å². The summed E-state index contributed by atoms with van der Waals surface area (Å²) >= 11 is 5.09. The summed E-state index contributed by atoms with van der Waals surface area (Å²) in [6.45, 7) is 0. The molecule has 3 aromatic carbocycles. The molecule has 126 valence electrons. The SMILES string of the molecule is CN(C)C(=S)Oc1ccc(C(=O)Nc2ccc3ccccc3c2)cc1. The first-order chi connectivity index (χ1) is 12.0. The van der Waals surface area contributed by atoms with Gasteiger partial charge in [-0.3, -0.25) is 4.79 Å². The van der Waals surface area contributed by atoms with E-state index >= 15 is 0 Å². The summed E-state index contributed by atoms with van der Waals surface area (Å²) in [5, 5.41) is 5.51. The maximum Gasteiger partial charge on any atom is 0.264 e. The molecule has 0 unspecified atom stereocenters. The Morgan fingerprint density at radius 2 is 1.64 bits per heavy atom. The zero-order valence-corrected chi connectivity index (χ0v) is 14.8. The Balaban J connectivity index is 1.70. The van der Waals surface area contributed by atoms with E-state index in [1.165, 1.54) is 0 Å². The van der Waals surface area contributed by atoms with E-state index in [4.69, 9.17) is 17.0 Å². The number of nitrogens with zero attached hydrogens (tertiary/aromatic N) is 1. The van der Waals surface area contributed by atoms with Gasteiger partial charge < -0.3 is 15.0 Å². The fraction of sp³-hybridized carbons (Fsp3) is 0.100. The van der Waals surface area contributed by atoms with Crippen molar-refractivity contribution in [3.05, 3.63) is 72.3 Å². The lowest BCUT2D eigenvalue weighted by atomic mass is 10.1. The van der Waals surface area contributed by atoms with E-state index in [1.807, 2.05) is 56.6 Å². The molecule has 0 bridgehead atoms. The Hall–Kier alpha value is -2.92. The summed E-state index contributed by atoms with van der Waals surface area (Å²) in [4.78, 5) is 14.1. The lowest BCUT2D eigenvalue weighted by Gasteiger charge is -2.14. The van der Waals surface area contributed by atoms with Crippen LogP contribution in [0.1, 0.15) is 10.4 Å². The van der Waals surface area contributed by atoms with Gasteiger partial charge in [0.15, 0.2) is 0 Å². The fourth-order valence-electron chi connectivity index (χ4n) is 2.34. The Morgan fingerprint density at radius 1 is 0.960 bits per heavy atom. The van der Waals surface area contributed by atoms with Crippen LogP contribution in [0.3, 0.4) is 0 Å². The van der Waals surface area contributed by atoms with Gasteiger partial charge in [0.1, 0.15) is 5.75 Å². The maximum absolute atomic E-state index is 12.4. The van der Waals surface area contributed by atoms with Crippen molar-refractivity contribution in [2.75, 3.05) is 19.4 Å². The second-order valence-corrected chi connectivity index (χ2v) is 6.15. The van der Waals surface area contributed by atoms with Crippen molar-refractivity contribution in [3.63, 3.8) is 0 Å². The molecule has 5 heteroatoms. The van der Waals surface area contributed by atoms with E-state index in [1.54, 1.807) is 29.2 Å². The quantitative estimate of drug-likeness (QED) is 0.715. The Labute approximate surface area is 152 Å². The first kappa shape index (κ1) is 16.9. The molecule has 3 rings (SSSR count). The van der Waals surface area contributed by atoms with Gasteiger partial charge >= 0.3 is 0 Å². The zero-order chi connectivity index (χ0) is 17.8.